The van der Waals surface area contributed by atoms with Gasteiger partial charge >= 0.3 is 0 Å². The van der Waals surface area contributed by atoms with E-state index in [0.717, 1.165) is 32.2 Å². The molecule has 114 valence electrons. The number of likely N-dealkylation sites (tertiary alicyclic amines) is 1. The van der Waals surface area contributed by atoms with Crippen LogP contribution in [0.2, 0.25) is 0 Å². The molecule has 0 aromatic carbocycles. The van der Waals surface area contributed by atoms with Crippen molar-refractivity contribution in [3.05, 3.63) is 0 Å². The van der Waals surface area contributed by atoms with Gasteiger partial charge in [-0.2, -0.15) is 0 Å². The minimum atomic E-state index is -0.238. The molecule has 2 N–H and O–H groups in total. The predicted octanol–water partition coefficient (Wildman–Crippen LogP) is 1.03. The van der Waals surface area contributed by atoms with Gasteiger partial charge in [0.2, 0.25) is 11.8 Å². The first-order valence-electron chi connectivity index (χ1n) is 7.72. The summed E-state index contributed by atoms with van der Waals surface area (Å²) >= 11 is 0. The van der Waals surface area contributed by atoms with Crippen molar-refractivity contribution in [1.29, 1.82) is 0 Å². The van der Waals surface area contributed by atoms with Crippen LogP contribution in [0.5, 0.6) is 0 Å². The summed E-state index contributed by atoms with van der Waals surface area (Å²) in [5.74, 6) is 0.136. The molecule has 2 amide bonds. The van der Waals surface area contributed by atoms with Crippen LogP contribution >= 0.6 is 0 Å². The average molecular weight is 281 g/mol. The Morgan fingerprint density at radius 2 is 1.90 bits per heavy atom. The van der Waals surface area contributed by atoms with Crippen molar-refractivity contribution in [3.63, 3.8) is 0 Å². The molecule has 5 heteroatoms. The highest BCUT2D eigenvalue weighted by Crippen LogP contribution is 2.22. The maximum Gasteiger partial charge on any atom is 0.243 e. The van der Waals surface area contributed by atoms with Crippen molar-refractivity contribution in [2.75, 3.05) is 13.1 Å². The lowest BCUT2D eigenvalue weighted by molar-refractivity contribution is -0.138. The highest BCUT2D eigenvalue weighted by Gasteiger charge is 2.36. The fourth-order valence-corrected chi connectivity index (χ4v) is 2.55. The lowest BCUT2D eigenvalue weighted by Crippen LogP contribution is -2.47. The monoisotopic (exact) mass is 281 g/mol. The molecule has 1 saturated heterocycles. The molecule has 1 saturated carbocycles. The first kappa shape index (κ1) is 15.3. The van der Waals surface area contributed by atoms with Gasteiger partial charge in [-0.3, -0.25) is 9.59 Å². The second kappa shape index (κ2) is 6.12. The van der Waals surface area contributed by atoms with E-state index < -0.39 is 0 Å². The van der Waals surface area contributed by atoms with Crippen LogP contribution < -0.4 is 10.6 Å². The van der Waals surface area contributed by atoms with Gasteiger partial charge in [0.1, 0.15) is 6.04 Å². The Hall–Kier alpha value is -1.10. The summed E-state index contributed by atoms with van der Waals surface area (Å²) in [5.41, 5.74) is 0.0219. The van der Waals surface area contributed by atoms with E-state index in [-0.39, 0.29) is 23.4 Å². The van der Waals surface area contributed by atoms with Crippen LogP contribution in [0.3, 0.4) is 0 Å². The molecule has 0 bridgehead atoms. The summed E-state index contributed by atoms with van der Waals surface area (Å²) in [6.07, 6.45) is 4.37. The maximum atomic E-state index is 12.3. The molecule has 1 heterocycles. The van der Waals surface area contributed by atoms with E-state index in [9.17, 15) is 9.59 Å². The van der Waals surface area contributed by atoms with Gasteiger partial charge in [0.15, 0.2) is 0 Å². The van der Waals surface area contributed by atoms with Gasteiger partial charge in [-0.15, -0.1) is 0 Å². The first-order chi connectivity index (χ1) is 9.37. The largest absolute Gasteiger partial charge is 0.352 e. The number of nitrogens with one attached hydrogen (secondary N) is 2. The van der Waals surface area contributed by atoms with E-state index in [0.29, 0.717) is 19.0 Å². The number of rotatable bonds is 5. The van der Waals surface area contributed by atoms with Crippen molar-refractivity contribution < 1.29 is 9.59 Å². The molecule has 0 aromatic rings. The van der Waals surface area contributed by atoms with Crippen LogP contribution in [0.15, 0.2) is 0 Å². The van der Waals surface area contributed by atoms with Crippen LogP contribution in [0.25, 0.3) is 0 Å². The van der Waals surface area contributed by atoms with Crippen molar-refractivity contribution in [1.82, 2.24) is 15.5 Å². The summed E-state index contributed by atoms with van der Waals surface area (Å²) in [5, 5.41) is 6.33. The summed E-state index contributed by atoms with van der Waals surface area (Å²) in [4.78, 5) is 26.1. The van der Waals surface area contributed by atoms with Crippen molar-refractivity contribution in [2.45, 2.75) is 70.5 Å². The van der Waals surface area contributed by atoms with Crippen LogP contribution in [0.1, 0.15) is 52.9 Å². The van der Waals surface area contributed by atoms with Gasteiger partial charge in [-0.25, -0.2) is 0 Å². The predicted molar refractivity (Wildman–Crippen MR) is 78.3 cm³/mol. The number of nitrogens with zero attached hydrogens (tertiary/aromatic N) is 1. The molecule has 2 aliphatic rings. The Morgan fingerprint density at radius 1 is 1.20 bits per heavy atom. The summed E-state index contributed by atoms with van der Waals surface area (Å²) < 4.78 is 0. The zero-order valence-corrected chi connectivity index (χ0v) is 12.9. The second-order valence-electron chi connectivity index (χ2n) is 6.95. The topological polar surface area (TPSA) is 61.4 Å². The van der Waals surface area contributed by atoms with E-state index in [1.807, 2.05) is 0 Å². The minimum absolute atomic E-state index is 0.0219. The fourth-order valence-electron chi connectivity index (χ4n) is 2.55. The normalized spacial score (nSPS) is 22.9. The highest BCUT2D eigenvalue weighted by molar-refractivity contribution is 5.88. The van der Waals surface area contributed by atoms with Crippen LogP contribution in [0, 0.1) is 0 Å². The molecule has 1 unspecified atom stereocenters. The molecular formula is C15H27N3O2. The number of amides is 2. The lowest BCUT2D eigenvalue weighted by atomic mass is 10.1. The van der Waals surface area contributed by atoms with Gasteiger partial charge in [0, 0.05) is 31.1 Å². The zero-order chi connectivity index (χ0) is 14.8. The molecule has 0 radical (unpaired) electrons. The standard InChI is InChI=1S/C15H27N3O2/c1-15(2,3)16-9-8-13(19)18-10-4-5-12(18)14(20)17-11-6-7-11/h11-12,16H,4-10H2,1-3H3,(H,17,20). The van der Waals surface area contributed by atoms with Gasteiger partial charge in [-0.05, 0) is 46.5 Å². The number of hydrogen-bond donors (Lipinski definition) is 2. The zero-order valence-electron chi connectivity index (χ0n) is 12.9. The van der Waals surface area contributed by atoms with Gasteiger partial charge in [0.05, 0.1) is 0 Å². The Labute approximate surface area is 121 Å². The Balaban J connectivity index is 1.79. The summed E-state index contributed by atoms with van der Waals surface area (Å²) in [6.45, 7) is 7.63. The molecule has 1 atom stereocenters. The molecule has 2 rings (SSSR count). The SMILES string of the molecule is CC(C)(C)NCCC(=O)N1CCCC1C(=O)NC1CC1. The Bertz CT molecular complexity index is 372. The second-order valence-corrected chi connectivity index (χ2v) is 6.95. The highest BCUT2D eigenvalue weighted by atomic mass is 16.2. The number of carbonyl (C=O) groups excluding carboxylic acids is 2. The third-order valence-corrected chi connectivity index (χ3v) is 3.79. The van der Waals surface area contributed by atoms with Gasteiger partial charge in [0.25, 0.3) is 0 Å². The van der Waals surface area contributed by atoms with Crippen LogP contribution in [-0.2, 0) is 9.59 Å². The van der Waals surface area contributed by atoms with Crippen LogP contribution in [0.4, 0.5) is 0 Å². The van der Waals surface area contributed by atoms with E-state index in [1.165, 1.54) is 0 Å². The first-order valence-corrected chi connectivity index (χ1v) is 7.72. The molecule has 2 fully saturated rings. The average Bonchev–Trinajstić information content (AvgIpc) is 3.01. The van der Waals surface area contributed by atoms with Crippen molar-refractivity contribution in [2.24, 2.45) is 0 Å². The molecule has 20 heavy (non-hydrogen) atoms. The van der Waals surface area contributed by atoms with Crippen molar-refractivity contribution >= 4 is 11.8 Å². The maximum absolute atomic E-state index is 12.3. The van der Waals surface area contributed by atoms with E-state index >= 15 is 0 Å². The van der Waals surface area contributed by atoms with E-state index in [1.54, 1.807) is 4.90 Å². The Morgan fingerprint density at radius 3 is 2.50 bits per heavy atom. The summed E-state index contributed by atoms with van der Waals surface area (Å²) in [7, 11) is 0. The third kappa shape index (κ3) is 4.47. The molecular weight excluding hydrogens is 254 g/mol. The van der Waals surface area contributed by atoms with E-state index in [2.05, 4.69) is 31.4 Å². The fraction of sp³-hybridized carbons (Fsp3) is 0.867. The lowest BCUT2D eigenvalue weighted by Gasteiger charge is -2.25. The molecule has 1 aliphatic carbocycles. The Kier molecular flexibility index (Phi) is 4.68. The molecule has 0 spiro atoms. The van der Waals surface area contributed by atoms with Gasteiger partial charge in [-0.1, -0.05) is 0 Å². The molecule has 5 nitrogen and oxygen atoms in total. The smallest absolute Gasteiger partial charge is 0.243 e. The number of carbonyl (C=O) groups is 2. The minimum Gasteiger partial charge on any atom is -0.352 e. The van der Waals surface area contributed by atoms with Gasteiger partial charge < -0.3 is 15.5 Å². The van der Waals surface area contributed by atoms with Crippen molar-refractivity contribution in [3.8, 4) is 0 Å². The van der Waals surface area contributed by atoms with Crippen LogP contribution in [-0.4, -0.2) is 47.4 Å². The quantitative estimate of drug-likeness (QED) is 0.791. The summed E-state index contributed by atoms with van der Waals surface area (Å²) in [6, 6.07) is 0.125. The third-order valence-electron chi connectivity index (χ3n) is 3.79. The molecule has 0 aromatic heterocycles. The number of hydrogen-bond acceptors (Lipinski definition) is 3. The molecule has 1 aliphatic heterocycles. The van der Waals surface area contributed by atoms with E-state index in [4.69, 9.17) is 0 Å².